The summed E-state index contributed by atoms with van der Waals surface area (Å²) in [6.45, 7) is 6.20. The van der Waals surface area contributed by atoms with Crippen molar-refractivity contribution in [3.05, 3.63) is 65.5 Å². The number of amides is 1. The topological polar surface area (TPSA) is 82.5 Å². The average Bonchev–Trinajstić information content (AvgIpc) is 3.22. The lowest BCUT2D eigenvalue weighted by Gasteiger charge is -2.15. The number of benzene rings is 1. The number of hydrogen-bond acceptors (Lipinski definition) is 5. The number of nitrogens with one attached hydrogen (secondary N) is 1. The van der Waals surface area contributed by atoms with E-state index in [-0.39, 0.29) is 12.4 Å². The Bertz CT molecular complexity index is 789. The van der Waals surface area contributed by atoms with Crippen molar-refractivity contribution in [2.45, 2.75) is 26.2 Å². The average molecular weight is 444 g/mol. The van der Waals surface area contributed by atoms with Crippen LogP contribution in [-0.4, -0.2) is 65.1 Å². The molecular weight excluding hydrogens is 410 g/mol. The Balaban J connectivity index is 0.00000107. The van der Waals surface area contributed by atoms with Gasteiger partial charge in [0, 0.05) is 43.3 Å². The summed E-state index contributed by atoms with van der Waals surface area (Å²) in [6.07, 6.45) is 6.74. The molecule has 1 aromatic carbocycles. The van der Waals surface area contributed by atoms with Crippen LogP contribution in [0.2, 0.25) is 0 Å². The second kappa shape index (κ2) is 14.6. The van der Waals surface area contributed by atoms with Gasteiger partial charge in [-0.15, -0.1) is 0 Å². The number of carboxylic acid groups (broad SMARTS) is 1. The number of carbonyl (C=O) groups is 2. The number of rotatable bonds is 10. The van der Waals surface area contributed by atoms with Gasteiger partial charge in [-0.2, -0.15) is 11.8 Å². The summed E-state index contributed by atoms with van der Waals surface area (Å²) in [4.78, 5) is 27.5. The van der Waals surface area contributed by atoms with Crippen LogP contribution >= 0.6 is 11.8 Å². The van der Waals surface area contributed by atoms with Crippen molar-refractivity contribution in [3.8, 4) is 0 Å². The van der Waals surface area contributed by atoms with Gasteiger partial charge < -0.3 is 15.3 Å². The van der Waals surface area contributed by atoms with Gasteiger partial charge in [0.1, 0.15) is 0 Å². The minimum Gasteiger partial charge on any atom is -0.483 e. The van der Waals surface area contributed by atoms with Crippen molar-refractivity contribution in [3.63, 3.8) is 0 Å². The molecule has 0 spiro atoms. The zero-order valence-electron chi connectivity index (χ0n) is 18.2. The summed E-state index contributed by atoms with van der Waals surface area (Å²) in [5, 5.41) is 9.92. The summed E-state index contributed by atoms with van der Waals surface area (Å²) in [5.41, 5.74) is 3.17. The highest BCUT2D eigenvalue weighted by molar-refractivity contribution is 7.99. The molecule has 0 bridgehead atoms. The highest BCUT2D eigenvalue weighted by atomic mass is 32.2. The van der Waals surface area contributed by atoms with Crippen LogP contribution in [0, 0.1) is 5.92 Å². The van der Waals surface area contributed by atoms with Gasteiger partial charge in [-0.25, -0.2) is 0 Å². The number of carbonyl (C=O) groups excluding carboxylic acids is 1. The van der Waals surface area contributed by atoms with Gasteiger partial charge in [-0.1, -0.05) is 25.1 Å². The fourth-order valence-electron chi connectivity index (χ4n) is 3.76. The molecule has 2 heterocycles. The predicted octanol–water partition coefficient (Wildman–Crippen LogP) is 3.37. The van der Waals surface area contributed by atoms with Gasteiger partial charge in [0.05, 0.1) is 0 Å². The molecule has 1 saturated heterocycles. The second-order valence-corrected chi connectivity index (χ2v) is 8.92. The second-order valence-electron chi connectivity index (χ2n) is 7.53. The highest BCUT2D eigenvalue weighted by Crippen LogP contribution is 2.21. The predicted molar refractivity (Wildman–Crippen MR) is 127 cm³/mol. The molecule has 6 nitrogen and oxygen atoms in total. The summed E-state index contributed by atoms with van der Waals surface area (Å²) < 4.78 is 0. The Labute approximate surface area is 189 Å². The van der Waals surface area contributed by atoms with Gasteiger partial charge in [0.2, 0.25) is 0 Å². The van der Waals surface area contributed by atoms with Crippen molar-refractivity contribution in [2.75, 3.05) is 37.7 Å². The monoisotopic (exact) mass is 443 g/mol. The van der Waals surface area contributed by atoms with Crippen LogP contribution < -0.4 is 5.32 Å². The summed E-state index contributed by atoms with van der Waals surface area (Å²) in [5.74, 6) is 3.15. The van der Waals surface area contributed by atoms with E-state index < -0.39 is 0 Å². The first-order valence-electron chi connectivity index (χ1n) is 10.8. The van der Waals surface area contributed by atoms with E-state index in [0.29, 0.717) is 12.5 Å². The molecule has 2 N–H and O–H groups in total. The molecule has 1 amide bonds. The summed E-state index contributed by atoms with van der Waals surface area (Å²) in [6, 6.07) is 12.1. The van der Waals surface area contributed by atoms with Gasteiger partial charge in [-0.3, -0.25) is 14.6 Å². The zero-order chi connectivity index (χ0) is 22.3. The molecule has 1 aliphatic heterocycles. The number of aromatic nitrogens is 1. The third-order valence-corrected chi connectivity index (χ3v) is 6.14. The first kappa shape index (κ1) is 24.9. The minimum absolute atomic E-state index is 0.00961. The van der Waals surface area contributed by atoms with Crippen molar-refractivity contribution in [1.82, 2.24) is 15.2 Å². The molecule has 1 unspecified atom stereocenters. The normalized spacial score (nSPS) is 15.7. The van der Waals surface area contributed by atoms with Crippen LogP contribution in [0.15, 0.2) is 48.8 Å². The van der Waals surface area contributed by atoms with E-state index in [1.165, 1.54) is 43.1 Å². The van der Waals surface area contributed by atoms with E-state index in [1.807, 2.05) is 42.2 Å². The van der Waals surface area contributed by atoms with Crippen LogP contribution in [0.1, 0.15) is 34.8 Å². The third kappa shape index (κ3) is 9.53. The molecule has 31 heavy (non-hydrogen) atoms. The molecule has 1 atom stereocenters. The van der Waals surface area contributed by atoms with E-state index in [1.54, 1.807) is 6.20 Å². The molecular formula is C24H33N3O3S. The van der Waals surface area contributed by atoms with Crippen LogP contribution in [0.3, 0.4) is 0 Å². The van der Waals surface area contributed by atoms with Crippen molar-refractivity contribution >= 4 is 24.1 Å². The Kier molecular flexibility index (Phi) is 11.7. The fourth-order valence-corrected chi connectivity index (χ4v) is 4.44. The molecule has 168 valence electrons. The van der Waals surface area contributed by atoms with Crippen molar-refractivity contribution in [1.29, 1.82) is 0 Å². The first-order chi connectivity index (χ1) is 15.2. The van der Waals surface area contributed by atoms with E-state index in [0.717, 1.165) is 24.0 Å². The van der Waals surface area contributed by atoms with Gasteiger partial charge in [0.25, 0.3) is 12.4 Å². The van der Waals surface area contributed by atoms with Gasteiger partial charge in [-0.05, 0) is 66.8 Å². The molecule has 0 radical (unpaired) electrons. The number of thioether (sulfide) groups is 1. The van der Waals surface area contributed by atoms with E-state index >= 15 is 0 Å². The molecule has 0 aliphatic carbocycles. The molecule has 1 aromatic heterocycles. The largest absolute Gasteiger partial charge is 0.483 e. The molecule has 7 heteroatoms. The van der Waals surface area contributed by atoms with Crippen LogP contribution in [0.4, 0.5) is 0 Å². The fraction of sp³-hybridized carbons (Fsp3) is 0.458. The van der Waals surface area contributed by atoms with Crippen LogP contribution in [-0.2, 0) is 17.6 Å². The van der Waals surface area contributed by atoms with Crippen LogP contribution in [0.5, 0.6) is 0 Å². The summed E-state index contributed by atoms with van der Waals surface area (Å²) in [7, 11) is 0. The number of likely N-dealkylation sites (tertiary alicyclic amines) is 1. The maximum absolute atomic E-state index is 12.5. The van der Waals surface area contributed by atoms with Gasteiger partial charge >= 0.3 is 0 Å². The maximum Gasteiger partial charge on any atom is 0.290 e. The SMILES string of the molecule is CCSCCN1CCC(Cc2cccc(C(=O)NCCc3cccnc3)c2)C1.O=CO. The van der Waals surface area contributed by atoms with E-state index in [2.05, 4.69) is 34.3 Å². The Hall–Kier alpha value is -2.38. The molecule has 3 rings (SSSR count). The lowest BCUT2D eigenvalue weighted by Crippen LogP contribution is -2.26. The molecule has 0 saturated carbocycles. The smallest absolute Gasteiger partial charge is 0.290 e. The van der Waals surface area contributed by atoms with E-state index in [9.17, 15) is 4.79 Å². The lowest BCUT2D eigenvalue weighted by atomic mass is 9.97. The Morgan fingerprint density at radius 2 is 2.13 bits per heavy atom. The minimum atomic E-state index is -0.250. The number of hydrogen-bond donors (Lipinski definition) is 2. The molecule has 1 aliphatic rings. The van der Waals surface area contributed by atoms with Crippen LogP contribution in [0.25, 0.3) is 0 Å². The van der Waals surface area contributed by atoms with Gasteiger partial charge in [0.15, 0.2) is 0 Å². The van der Waals surface area contributed by atoms with Crippen molar-refractivity contribution in [2.24, 2.45) is 5.92 Å². The quantitative estimate of drug-likeness (QED) is 0.433. The zero-order valence-corrected chi connectivity index (χ0v) is 19.0. The standard InChI is InChI=1S/C23H31N3OS.CH2O2/c1-2-28-14-13-26-12-9-21(18-26)15-20-5-3-7-22(16-20)23(27)25-11-8-19-6-4-10-24-17-19;2-1-3/h3-7,10,16-17,21H,2,8-9,11-15,18H2,1H3,(H,25,27);1H,(H,2,3). The molecule has 2 aromatic rings. The number of nitrogens with zero attached hydrogens (tertiary/aromatic N) is 2. The highest BCUT2D eigenvalue weighted by Gasteiger charge is 2.22. The first-order valence-corrected chi connectivity index (χ1v) is 12.0. The number of pyridine rings is 1. The lowest BCUT2D eigenvalue weighted by molar-refractivity contribution is -0.122. The van der Waals surface area contributed by atoms with Crippen molar-refractivity contribution < 1.29 is 14.7 Å². The molecule has 1 fully saturated rings. The maximum atomic E-state index is 12.5. The van der Waals surface area contributed by atoms with E-state index in [4.69, 9.17) is 9.90 Å². The Morgan fingerprint density at radius 3 is 2.87 bits per heavy atom. The third-order valence-electron chi connectivity index (χ3n) is 5.26. The Morgan fingerprint density at radius 1 is 1.32 bits per heavy atom. The summed E-state index contributed by atoms with van der Waals surface area (Å²) >= 11 is 2.02.